The predicted molar refractivity (Wildman–Crippen MR) is 91.6 cm³/mol. The van der Waals surface area contributed by atoms with Gasteiger partial charge < -0.3 is 5.73 Å². The van der Waals surface area contributed by atoms with Crippen molar-refractivity contribution in [2.75, 3.05) is 13.1 Å². The van der Waals surface area contributed by atoms with Crippen molar-refractivity contribution in [2.24, 2.45) is 12.8 Å². The first kappa shape index (κ1) is 15.3. The largest absolute Gasteiger partial charge is 0.364 e. The van der Waals surface area contributed by atoms with Gasteiger partial charge in [0.15, 0.2) is 5.69 Å². The molecule has 2 aliphatic rings. The van der Waals surface area contributed by atoms with Crippen LogP contribution in [0.5, 0.6) is 0 Å². The van der Waals surface area contributed by atoms with Crippen LogP contribution in [0.25, 0.3) is 11.3 Å². The minimum absolute atomic E-state index is 0.238. The van der Waals surface area contributed by atoms with Gasteiger partial charge in [-0.3, -0.25) is 9.69 Å². The minimum Gasteiger partial charge on any atom is -0.364 e. The third-order valence-corrected chi connectivity index (χ3v) is 5.35. The van der Waals surface area contributed by atoms with Gasteiger partial charge in [0.1, 0.15) is 5.69 Å². The van der Waals surface area contributed by atoms with Gasteiger partial charge in [0.25, 0.3) is 5.91 Å². The molecular weight excluding hydrogens is 302 g/mol. The summed E-state index contributed by atoms with van der Waals surface area (Å²) in [5.74, 6) is -0.538. The smallest absolute Gasteiger partial charge is 0.271 e. The number of aromatic nitrogens is 3. The van der Waals surface area contributed by atoms with Crippen LogP contribution in [0.4, 0.5) is 0 Å². The number of hydrogen-bond acceptors (Lipinski definition) is 4. The summed E-state index contributed by atoms with van der Waals surface area (Å²) in [4.78, 5) is 15.7. The first-order chi connectivity index (χ1) is 11.6. The van der Waals surface area contributed by atoms with Gasteiger partial charge in [-0.05, 0) is 42.9 Å². The van der Waals surface area contributed by atoms with Gasteiger partial charge in [-0.1, -0.05) is 18.6 Å². The molecule has 24 heavy (non-hydrogen) atoms. The van der Waals surface area contributed by atoms with Crippen LogP contribution >= 0.6 is 0 Å². The molecule has 1 amide bonds. The van der Waals surface area contributed by atoms with Crippen molar-refractivity contribution in [3.8, 4) is 11.3 Å². The standard InChI is InChI=1S/C18H23N5O/c1-22-20-16(17(21-22)18(19)24)14-6-5-12-7-9-23(15-3-2-4-15)10-8-13(12)11-14/h5-6,11,15H,2-4,7-10H2,1H3,(H2,19,24). The SMILES string of the molecule is Cn1nc(C(N)=O)c(-c2ccc3c(c2)CCN(C2CCC2)CC3)n1. The molecule has 2 N–H and O–H groups in total. The number of benzene rings is 1. The number of aryl methyl sites for hydroxylation is 1. The van der Waals surface area contributed by atoms with Crippen LogP contribution in [0, 0.1) is 0 Å². The van der Waals surface area contributed by atoms with E-state index >= 15 is 0 Å². The molecular formula is C18H23N5O. The van der Waals surface area contributed by atoms with Crippen LogP contribution in [-0.2, 0) is 19.9 Å². The summed E-state index contributed by atoms with van der Waals surface area (Å²) in [7, 11) is 1.70. The van der Waals surface area contributed by atoms with Crippen molar-refractivity contribution in [2.45, 2.75) is 38.1 Å². The van der Waals surface area contributed by atoms with Crippen LogP contribution in [-0.4, -0.2) is 44.9 Å². The average molecular weight is 325 g/mol. The number of carbonyl (C=O) groups is 1. The molecule has 0 atom stereocenters. The highest BCUT2D eigenvalue weighted by Crippen LogP contribution is 2.29. The van der Waals surface area contributed by atoms with Gasteiger partial charge >= 0.3 is 0 Å². The number of nitrogens with zero attached hydrogens (tertiary/aromatic N) is 4. The van der Waals surface area contributed by atoms with Gasteiger partial charge in [-0.25, -0.2) is 0 Å². The Balaban J connectivity index is 1.63. The zero-order chi connectivity index (χ0) is 16.7. The van der Waals surface area contributed by atoms with E-state index in [1.165, 1.54) is 35.2 Å². The Morgan fingerprint density at radius 1 is 1.17 bits per heavy atom. The van der Waals surface area contributed by atoms with Crippen LogP contribution in [0.15, 0.2) is 18.2 Å². The van der Waals surface area contributed by atoms with Gasteiger partial charge in [0.2, 0.25) is 0 Å². The first-order valence-corrected chi connectivity index (χ1v) is 8.69. The fraction of sp³-hybridized carbons (Fsp3) is 0.500. The van der Waals surface area contributed by atoms with E-state index in [0.717, 1.165) is 37.5 Å². The Morgan fingerprint density at radius 3 is 2.58 bits per heavy atom. The van der Waals surface area contributed by atoms with E-state index in [9.17, 15) is 4.79 Å². The maximum Gasteiger partial charge on any atom is 0.271 e. The van der Waals surface area contributed by atoms with Crippen molar-refractivity contribution < 1.29 is 4.79 Å². The number of hydrogen-bond donors (Lipinski definition) is 1. The van der Waals surface area contributed by atoms with Crippen molar-refractivity contribution in [1.82, 2.24) is 19.9 Å². The highest BCUT2D eigenvalue weighted by molar-refractivity contribution is 5.96. The fourth-order valence-corrected chi connectivity index (χ4v) is 3.77. The lowest BCUT2D eigenvalue weighted by molar-refractivity contribution is 0.0995. The van der Waals surface area contributed by atoms with Crippen molar-refractivity contribution in [3.05, 3.63) is 35.0 Å². The Bertz CT molecular complexity index is 778. The van der Waals surface area contributed by atoms with Crippen molar-refractivity contribution >= 4 is 5.91 Å². The summed E-state index contributed by atoms with van der Waals surface area (Å²) in [6.07, 6.45) is 6.22. The molecule has 6 heteroatoms. The average Bonchev–Trinajstić information content (AvgIpc) is 2.79. The Labute approximate surface area is 141 Å². The molecule has 2 aromatic rings. The predicted octanol–water partition coefficient (Wildman–Crippen LogP) is 1.53. The zero-order valence-electron chi connectivity index (χ0n) is 14.0. The molecule has 1 aliphatic carbocycles. The molecule has 1 aliphatic heterocycles. The molecule has 0 bridgehead atoms. The van der Waals surface area contributed by atoms with E-state index in [1.54, 1.807) is 7.05 Å². The molecule has 4 rings (SSSR count). The van der Waals surface area contributed by atoms with E-state index < -0.39 is 5.91 Å². The maximum atomic E-state index is 11.6. The quantitative estimate of drug-likeness (QED) is 0.928. The Morgan fingerprint density at radius 2 is 1.92 bits per heavy atom. The van der Waals surface area contributed by atoms with Crippen molar-refractivity contribution in [3.63, 3.8) is 0 Å². The third kappa shape index (κ3) is 2.71. The molecule has 0 unspecified atom stereocenters. The number of carbonyl (C=O) groups excluding carboxylic acids is 1. The highest BCUT2D eigenvalue weighted by Gasteiger charge is 2.26. The van der Waals surface area contributed by atoms with Gasteiger partial charge in [-0.15, -0.1) is 5.10 Å². The van der Waals surface area contributed by atoms with Crippen molar-refractivity contribution in [1.29, 1.82) is 0 Å². The second-order valence-corrected chi connectivity index (χ2v) is 6.86. The van der Waals surface area contributed by atoms with Gasteiger partial charge in [-0.2, -0.15) is 9.90 Å². The molecule has 1 aromatic heterocycles. The third-order valence-electron chi connectivity index (χ3n) is 5.35. The van der Waals surface area contributed by atoms with Crippen LogP contribution < -0.4 is 5.73 Å². The number of rotatable bonds is 3. The summed E-state index contributed by atoms with van der Waals surface area (Å²) in [5.41, 5.74) is 9.94. The second-order valence-electron chi connectivity index (χ2n) is 6.86. The summed E-state index contributed by atoms with van der Waals surface area (Å²) in [5, 5.41) is 8.43. The molecule has 126 valence electrons. The van der Waals surface area contributed by atoms with E-state index in [2.05, 4.69) is 27.2 Å². The monoisotopic (exact) mass is 325 g/mol. The molecule has 0 radical (unpaired) electrons. The number of nitrogens with two attached hydrogens (primary N) is 1. The lowest BCUT2D eigenvalue weighted by atomic mass is 9.91. The van der Waals surface area contributed by atoms with Crippen LogP contribution in [0.1, 0.15) is 40.9 Å². The Kier molecular flexibility index (Phi) is 3.84. The van der Waals surface area contributed by atoms with E-state index in [4.69, 9.17) is 5.73 Å². The number of fused-ring (bicyclic) bond motifs is 1. The van der Waals surface area contributed by atoms with Crippen LogP contribution in [0.2, 0.25) is 0 Å². The lowest BCUT2D eigenvalue weighted by Crippen LogP contribution is -2.41. The minimum atomic E-state index is -0.538. The molecule has 1 aromatic carbocycles. The second kappa shape index (κ2) is 6.02. The maximum absolute atomic E-state index is 11.6. The van der Waals surface area contributed by atoms with E-state index in [-0.39, 0.29) is 5.69 Å². The summed E-state index contributed by atoms with van der Waals surface area (Å²) in [6, 6.07) is 7.17. The number of primary amides is 1. The fourth-order valence-electron chi connectivity index (χ4n) is 3.77. The normalized spacial score (nSPS) is 18.7. The molecule has 2 heterocycles. The molecule has 1 saturated carbocycles. The van der Waals surface area contributed by atoms with Gasteiger partial charge in [0, 0.05) is 31.7 Å². The summed E-state index contributed by atoms with van der Waals surface area (Å²) < 4.78 is 0. The summed E-state index contributed by atoms with van der Waals surface area (Å²) >= 11 is 0. The topological polar surface area (TPSA) is 77.0 Å². The Hall–Kier alpha value is -2.21. The summed E-state index contributed by atoms with van der Waals surface area (Å²) in [6.45, 7) is 2.26. The molecule has 0 spiro atoms. The highest BCUT2D eigenvalue weighted by atomic mass is 16.1. The van der Waals surface area contributed by atoms with E-state index in [1.807, 2.05) is 6.07 Å². The number of amides is 1. The van der Waals surface area contributed by atoms with Gasteiger partial charge in [0.05, 0.1) is 0 Å². The lowest BCUT2D eigenvalue weighted by Gasteiger charge is -2.36. The van der Waals surface area contributed by atoms with E-state index in [0.29, 0.717) is 5.69 Å². The van der Waals surface area contributed by atoms with Crippen LogP contribution in [0.3, 0.4) is 0 Å². The molecule has 1 fully saturated rings. The molecule has 6 nitrogen and oxygen atoms in total. The first-order valence-electron chi connectivity index (χ1n) is 8.69. The zero-order valence-corrected chi connectivity index (χ0v) is 14.0. The molecule has 0 saturated heterocycles.